The van der Waals surface area contributed by atoms with Crippen LogP contribution in [-0.4, -0.2) is 35.1 Å². The number of rotatable bonds is 4. The van der Waals surface area contributed by atoms with Crippen molar-refractivity contribution in [2.75, 3.05) is 13.1 Å². The second kappa shape index (κ2) is 4.78. The summed E-state index contributed by atoms with van der Waals surface area (Å²) in [5.41, 5.74) is 0. The molecule has 2 fully saturated rings. The van der Waals surface area contributed by atoms with Gasteiger partial charge in [0.2, 0.25) is 5.89 Å². The summed E-state index contributed by atoms with van der Waals surface area (Å²) >= 11 is 0. The second-order valence-corrected chi connectivity index (χ2v) is 5.38. The molecule has 1 atom stereocenters. The minimum absolute atomic E-state index is 0.673. The molecule has 1 aliphatic heterocycles. The Morgan fingerprint density at radius 3 is 3.00 bits per heavy atom. The molecule has 1 unspecified atom stereocenters. The number of aromatic nitrogens is 1. The van der Waals surface area contributed by atoms with Gasteiger partial charge < -0.3 is 9.73 Å². The molecule has 4 nitrogen and oxygen atoms in total. The Kier molecular flexibility index (Phi) is 3.16. The molecule has 2 aliphatic rings. The van der Waals surface area contributed by atoms with Gasteiger partial charge in [-0.3, -0.25) is 4.90 Å². The van der Waals surface area contributed by atoms with Crippen molar-refractivity contribution in [2.45, 2.75) is 51.2 Å². The Morgan fingerprint density at radius 1 is 1.41 bits per heavy atom. The first-order valence-electron chi connectivity index (χ1n) is 6.69. The van der Waals surface area contributed by atoms with E-state index in [0.29, 0.717) is 6.04 Å². The van der Waals surface area contributed by atoms with Gasteiger partial charge in [-0.2, -0.15) is 0 Å². The average molecular weight is 235 g/mol. The highest BCUT2D eigenvalue weighted by molar-refractivity contribution is 4.92. The van der Waals surface area contributed by atoms with Gasteiger partial charge in [-0.1, -0.05) is 0 Å². The smallest absolute Gasteiger partial charge is 0.208 e. The summed E-state index contributed by atoms with van der Waals surface area (Å²) in [6, 6.07) is 1.48. The zero-order valence-corrected chi connectivity index (χ0v) is 10.5. The van der Waals surface area contributed by atoms with E-state index < -0.39 is 0 Å². The van der Waals surface area contributed by atoms with Crippen LogP contribution in [0.15, 0.2) is 10.6 Å². The van der Waals surface area contributed by atoms with Crippen LogP contribution in [0.25, 0.3) is 0 Å². The molecule has 1 aliphatic carbocycles. The van der Waals surface area contributed by atoms with Gasteiger partial charge in [0, 0.05) is 18.6 Å². The van der Waals surface area contributed by atoms with E-state index in [1.54, 1.807) is 6.20 Å². The molecule has 0 bridgehead atoms. The predicted octanol–water partition coefficient (Wildman–Crippen LogP) is 1.70. The molecule has 1 saturated heterocycles. The highest BCUT2D eigenvalue weighted by atomic mass is 16.4. The Labute approximate surface area is 102 Å². The van der Waals surface area contributed by atoms with Gasteiger partial charge in [0.1, 0.15) is 5.76 Å². The molecule has 0 amide bonds. The Bertz CT molecular complexity index is 372. The number of hydrogen-bond donors (Lipinski definition) is 1. The number of aryl methyl sites for hydroxylation is 1. The maximum absolute atomic E-state index is 5.54. The Balaban J connectivity index is 1.52. The van der Waals surface area contributed by atoms with Crippen molar-refractivity contribution in [2.24, 2.45) is 0 Å². The lowest BCUT2D eigenvalue weighted by atomic mass is 10.1. The topological polar surface area (TPSA) is 41.3 Å². The molecule has 0 radical (unpaired) electrons. The number of nitrogens with zero attached hydrogens (tertiary/aromatic N) is 2. The first-order valence-corrected chi connectivity index (χ1v) is 6.69. The number of hydrogen-bond acceptors (Lipinski definition) is 4. The molecule has 0 aromatic carbocycles. The van der Waals surface area contributed by atoms with Gasteiger partial charge in [-0.25, -0.2) is 4.98 Å². The number of nitrogens with one attached hydrogen (secondary N) is 1. The van der Waals surface area contributed by atoms with Crippen molar-refractivity contribution in [3.8, 4) is 0 Å². The second-order valence-electron chi connectivity index (χ2n) is 5.38. The van der Waals surface area contributed by atoms with Gasteiger partial charge in [0.15, 0.2) is 0 Å². The zero-order chi connectivity index (χ0) is 11.7. The monoisotopic (exact) mass is 235 g/mol. The summed E-state index contributed by atoms with van der Waals surface area (Å²) in [5.74, 6) is 1.76. The van der Waals surface area contributed by atoms with Crippen LogP contribution in [0, 0.1) is 6.92 Å². The minimum Gasteiger partial charge on any atom is -0.445 e. The Morgan fingerprint density at radius 2 is 2.29 bits per heavy atom. The molecule has 1 N–H and O–H groups in total. The molecular weight excluding hydrogens is 214 g/mol. The fourth-order valence-electron chi connectivity index (χ4n) is 2.58. The Hall–Kier alpha value is -0.870. The van der Waals surface area contributed by atoms with Crippen LogP contribution in [0.3, 0.4) is 0 Å². The van der Waals surface area contributed by atoms with Crippen LogP contribution in [0.1, 0.15) is 37.3 Å². The lowest BCUT2D eigenvalue weighted by molar-refractivity contribution is 0.168. The van der Waals surface area contributed by atoms with Gasteiger partial charge in [-0.15, -0.1) is 0 Å². The van der Waals surface area contributed by atoms with Crippen molar-refractivity contribution in [1.29, 1.82) is 0 Å². The standard InChI is InChI=1S/C13H21N3O/c1-10-7-14-13(17-10)9-16-6-2-3-12(8-16)15-11-4-5-11/h7,11-12,15H,2-6,8-9H2,1H3. The van der Waals surface area contributed by atoms with E-state index in [9.17, 15) is 0 Å². The number of oxazole rings is 1. The third-order valence-corrected chi connectivity index (χ3v) is 3.58. The maximum Gasteiger partial charge on any atom is 0.208 e. The minimum atomic E-state index is 0.673. The van der Waals surface area contributed by atoms with Crippen molar-refractivity contribution < 1.29 is 4.42 Å². The summed E-state index contributed by atoms with van der Waals surface area (Å²) in [6.07, 6.45) is 7.14. The van der Waals surface area contributed by atoms with E-state index in [2.05, 4.69) is 15.2 Å². The third-order valence-electron chi connectivity index (χ3n) is 3.58. The fourth-order valence-corrected chi connectivity index (χ4v) is 2.58. The van der Waals surface area contributed by atoms with E-state index >= 15 is 0 Å². The van der Waals surface area contributed by atoms with E-state index in [1.807, 2.05) is 6.92 Å². The van der Waals surface area contributed by atoms with E-state index in [4.69, 9.17) is 4.42 Å². The first-order chi connectivity index (χ1) is 8.29. The van der Waals surface area contributed by atoms with Crippen molar-refractivity contribution >= 4 is 0 Å². The average Bonchev–Trinajstić information content (AvgIpc) is 3.02. The molecule has 1 saturated carbocycles. The summed E-state index contributed by atoms with van der Waals surface area (Å²) in [6.45, 7) is 5.11. The maximum atomic E-state index is 5.54. The molecule has 3 rings (SSSR count). The third kappa shape index (κ3) is 3.07. The molecule has 2 heterocycles. The van der Waals surface area contributed by atoms with Crippen LogP contribution >= 0.6 is 0 Å². The molecule has 17 heavy (non-hydrogen) atoms. The molecular formula is C13H21N3O. The summed E-state index contributed by atoms with van der Waals surface area (Å²) < 4.78 is 5.54. The van der Waals surface area contributed by atoms with Gasteiger partial charge in [0.05, 0.1) is 12.7 Å². The van der Waals surface area contributed by atoms with Crippen LogP contribution in [0.5, 0.6) is 0 Å². The van der Waals surface area contributed by atoms with E-state index in [1.165, 1.54) is 32.2 Å². The summed E-state index contributed by atoms with van der Waals surface area (Å²) in [4.78, 5) is 6.73. The molecule has 94 valence electrons. The number of likely N-dealkylation sites (tertiary alicyclic amines) is 1. The van der Waals surface area contributed by atoms with Gasteiger partial charge in [0.25, 0.3) is 0 Å². The van der Waals surface area contributed by atoms with Crippen LogP contribution in [-0.2, 0) is 6.54 Å². The lowest BCUT2D eigenvalue weighted by Crippen LogP contribution is -2.46. The van der Waals surface area contributed by atoms with Gasteiger partial charge in [-0.05, 0) is 39.2 Å². The predicted molar refractivity (Wildman–Crippen MR) is 65.7 cm³/mol. The SMILES string of the molecule is Cc1cnc(CN2CCCC(NC3CC3)C2)o1. The highest BCUT2D eigenvalue weighted by Crippen LogP contribution is 2.22. The van der Waals surface area contributed by atoms with Crippen LogP contribution < -0.4 is 5.32 Å². The van der Waals surface area contributed by atoms with Crippen molar-refractivity contribution in [3.05, 3.63) is 17.8 Å². The first kappa shape index (κ1) is 11.2. The van der Waals surface area contributed by atoms with Gasteiger partial charge >= 0.3 is 0 Å². The van der Waals surface area contributed by atoms with Crippen molar-refractivity contribution in [1.82, 2.24) is 15.2 Å². The quantitative estimate of drug-likeness (QED) is 0.862. The number of piperidine rings is 1. The van der Waals surface area contributed by atoms with E-state index in [0.717, 1.165) is 30.8 Å². The zero-order valence-electron chi connectivity index (χ0n) is 10.5. The molecule has 4 heteroatoms. The normalized spacial score (nSPS) is 26.3. The highest BCUT2D eigenvalue weighted by Gasteiger charge is 2.27. The molecule has 0 spiro atoms. The molecule has 1 aromatic heterocycles. The summed E-state index contributed by atoms with van der Waals surface area (Å²) in [7, 11) is 0. The lowest BCUT2D eigenvalue weighted by Gasteiger charge is -2.32. The fraction of sp³-hybridized carbons (Fsp3) is 0.769. The van der Waals surface area contributed by atoms with Crippen LogP contribution in [0.2, 0.25) is 0 Å². The van der Waals surface area contributed by atoms with Crippen molar-refractivity contribution in [3.63, 3.8) is 0 Å². The van der Waals surface area contributed by atoms with Crippen LogP contribution in [0.4, 0.5) is 0 Å². The molecule has 1 aromatic rings. The summed E-state index contributed by atoms with van der Waals surface area (Å²) in [5, 5.41) is 3.72. The largest absolute Gasteiger partial charge is 0.445 e. The van der Waals surface area contributed by atoms with E-state index in [-0.39, 0.29) is 0 Å².